The highest BCUT2D eigenvalue weighted by atomic mass is 19.1. The Kier molecular flexibility index (Phi) is 6.70. The summed E-state index contributed by atoms with van der Waals surface area (Å²) < 4.78 is 23.6. The zero-order valence-electron chi connectivity index (χ0n) is 17.4. The number of ether oxygens (including phenoxy) is 2. The van der Waals surface area contributed by atoms with Gasteiger partial charge in [0.05, 0.1) is 11.8 Å². The number of benzene rings is 4. The van der Waals surface area contributed by atoms with Crippen molar-refractivity contribution in [1.29, 1.82) is 0 Å². The van der Waals surface area contributed by atoms with E-state index in [0.29, 0.717) is 22.6 Å². The van der Waals surface area contributed by atoms with Gasteiger partial charge in [-0.3, -0.25) is 4.79 Å². The van der Waals surface area contributed by atoms with Crippen molar-refractivity contribution in [3.63, 3.8) is 0 Å². The lowest BCUT2D eigenvalue weighted by Crippen LogP contribution is -2.24. The summed E-state index contributed by atoms with van der Waals surface area (Å²) in [5, 5.41) is 5.66. The first kappa shape index (κ1) is 21.7. The zero-order valence-corrected chi connectivity index (χ0v) is 17.4. The van der Waals surface area contributed by atoms with Crippen LogP contribution in [-0.2, 0) is 4.79 Å². The number of amides is 1. The van der Waals surface area contributed by atoms with E-state index in [4.69, 9.17) is 9.47 Å². The van der Waals surface area contributed by atoms with Crippen molar-refractivity contribution in [2.45, 2.75) is 0 Å². The van der Waals surface area contributed by atoms with Crippen LogP contribution in [0.15, 0.2) is 96.1 Å². The van der Waals surface area contributed by atoms with Crippen LogP contribution in [0.25, 0.3) is 10.8 Å². The second-order valence-corrected chi connectivity index (χ2v) is 7.02. The first-order valence-corrected chi connectivity index (χ1v) is 10.1. The third kappa shape index (κ3) is 5.80. The number of nitrogens with zero attached hydrogens (tertiary/aromatic N) is 1. The molecule has 0 spiro atoms. The van der Waals surface area contributed by atoms with Crippen LogP contribution in [0.5, 0.6) is 11.5 Å². The molecule has 0 atom stereocenters. The van der Waals surface area contributed by atoms with Gasteiger partial charge in [0.15, 0.2) is 6.61 Å². The fourth-order valence-corrected chi connectivity index (χ4v) is 3.08. The Morgan fingerprint density at radius 2 is 1.55 bits per heavy atom. The molecular weight excluding hydrogens is 423 g/mol. The summed E-state index contributed by atoms with van der Waals surface area (Å²) in [7, 11) is 0. The molecule has 0 aliphatic rings. The Morgan fingerprint density at radius 1 is 0.848 bits per heavy atom. The highest BCUT2D eigenvalue weighted by molar-refractivity contribution is 6.05. The fourth-order valence-electron chi connectivity index (χ4n) is 3.08. The number of nitrogens with one attached hydrogen (secondary N) is 1. The normalized spacial score (nSPS) is 10.8. The highest BCUT2D eigenvalue weighted by Gasteiger charge is 2.12. The van der Waals surface area contributed by atoms with Crippen LogP contribution in [0.1, 0.15) is 15.9 Å². The van der Waals surface area contributed by atoms with E-state index in [0.717, 1.165) is 10.8 Å². The van der Waals surface area contributed by atoms with Crippen LogP contribution in [-0.4, -0.2) is 24.7 Å². The summed E-state index contributed by atoms with van der Waals surface area (Å²) in [6.45, 7) is -0.258. The van der Waals surface area contributed by atoms with Crippen molar-refractivity contribution in [1.82, 2.24) is 5.43 Å². The molecule has 4 aromatic carbocycles. The van der Waals surface area contributed by atoms with Crippen molar-refractivity contribution in [2.75, 3.05) is 6.61 Å². The van der Waals surface area contributed by atoms with Crippen molar-refractivity contribution in [3.8, 4) is 11.5 Å². The summed E-state index contributed by atoms with van der Waals surface area (Å²) in [6, 6.07) is 25.1. The molecule has 33 heavy (non-hydrogen) atoms. The van der Waals surface area contributed by atoms with Crippen LogP contribution in [0.3, 0.4) is 0 Å². The summed E-state index contributed by atoms with van der Waals surface area (Å²) in [5.74, 6) is -0.519. The number of hydrazone groups is 1. The molecule has 0 bridgehead atoms. The van der Waals surface area contributed by atoms with E-state index in [1.807, 2.05) is 36.4 Å². The molecule has 0 aliphatic carbocycles. The molecule has 6 nitrogen and oxygen atoms in total. The number of rotatable bonds is 7. The summed E-state index contributed by atoms with van der Waals surface area (Å²) in [5.41, 5.74) is 3.53. The number of hydrogen-bond donors (Lipinski definition) is 1. The molecule has 4 aromatic rings. The Hall–Kier alpha value is -4.52. The van der Waals surface area contributed by atoms with Gasteiger partial charge < -0.3 is 9.47 Å². The topological polar surface area (TPSA) is 77.0 Å². The van der Waals surface area contributed by atoms with E-state index in [-0.39, 0.29) is 12.4 Å². The number of hydrogen-bond acceptors (Lipinski definition) is 5. The van der Waals surface area contributed by atoms with Gasteiger partial charge in [-0.25, -0.2) is 14.6 Å². The number of esters is 1. The van der Waals surface area contributed by atoms with Crippen LogP contribution < -0.4 is 14.9 Å². The summed E-state index contributed by atoms with van der Waals surface area (Å²) in [4.78, 5) is 24.4. The molecule has 7 heteroatoms. The lowest BCUT2D eigenvalue weighted by molar-refractivity contribution is -0.123. The lowest BCUT2D eigenvalue weighted by atomic mass is 10.0. The Balaban J connectivity index is 1.29. The monoisotopic (exact) mass is 442 g/mol. The van der Waals surface area contributed by atoms with Gasteiger partial charge in [0.25, 0.3) is 5.91 Å². The number of fused-ring (bicyclic) bond motifs is 1. The fraction of sp³-hybridized carbons (Fsp3) is 0.0385. The van der Waals surface area contributed by atoms with Crippen molar-refractivity contribution >= 4 is 28.9 Å². The largest absolute Gasteiger partial charge is 0.484 e. The molecule has 0 fully saturated rings. The van der Waals surface area contributed by atoms with Gasteiger partial charge in [-0.15, -0.1) is 0 Å². The van der Waals surface area contributed by atoms with E-state index in [1.54, 1.807) is 30.3 Å². The molecule has 0 heterocycles. The van der Waals surface area contributed by atoms with Crippen LogP contribution in [0.4, 0.5) is 4.39 Å². The predicted octanol–water partition coefficient (Wildman–Crippen LogP) is 4.73. The number of carbonyl (C=O) groups excluding carboxylic acids is 2. The number of halogens is 1. The zero-order chi connectivity index (χ0) is 23.0. The van der Waals surface area contributed by atoms with E-state index in [1.165, 1.54) is 30.5 Å². The first-order valence-electron chi connectivity index (χ1n) is 10.1. The molecule has 0 saturated carbocycles. The van der Waals surface area contributed by atoms with E-state index >= 15 is 0 Å². The standard InChI is InChI=1S/C26H19FN2O4/c27-20-10-14-21(15-11-20)32-17-25(30)29-28-16-18-8-12-22(13-9-18)33-26(31)24-7-3-5-19-4-1-2-6-23(19)24/h1-16H,17H2,(H,29,30). The third-order valence-electron chi connectivity index (χ3n) is 4.69. The first-order chi connectivity index (χ1) is 16.1. The molecule has 0 unspecified atom stereocenters. The smallest absolute Gasteiger partial charge is 0.344 e. The average Bonchev–Trinajstić information content (AvgIpc) is 2.84. The molecule has 164 valence electrons. The third-order valence-corrected chi connectivity index (χ3v) is 4.69. The Morgan fingerprint density at radius 3 is 2.33 bits per heavy atom. The van der Waals surface area contributed by atoms with E-state index in [2.05, 4.69) is 10.5 Å². The van der Waals surface area contributed by atoms with Gasteiger partial charge in [-0.05, 0) is 70.9 Å². The maximum Gasteiger partial charge on any atom is 0.344 e. The molecule has 0 aromatic heterocycles. The van der Waals surface area contributed by atoms with Crippen molar-refractivity contribution in [2.24, 2.45) is 5.10 Å². The minimum Gasteiger partial charge on any atom is -0.484 e. The molecule has 4 rings (SSSR count). The highest BCUT2D eigenvalue weighted by Crippen LogP contribution is 2.21. The molecular formula is C26H19FN2O4. The molecule has 0 aliphatic heterocycles. The second-order valence-electron chi connectivity index (χ2n) is 7.02. The second kappa shape index (κ2) is 10.2. The van der Waals surface area contributed by atoms with Gasteiger partial charge in [-0.1, -0.05) is 36.4 Å². The maximum atomic E-state index is 12.9. The maximum absolute atomic E-state index is 12.9. The van der Waals surface area contributed by atoms with Gasteiger partial charge in [0.2, 0.25) is 0 Å². The summed E-state index contributed by atoms with van der Waals surface area (Å²) in [6.07, 6.45) is 1.45. The Bertz CT molecular complexity index is 1300. The van der Waals surface area contributed by atoms with Gasteiger partial charge >= 0.3 is 5.97 Å². The SMILES string of the molecule is O=C(COc1ccc(F)cc1)NN=Cc1ccc(OC(=O)c2cccc3ccccc23)cc1. The quantitative estimate of drug-likeness (QED) is 0.194. The minimum absolute atomic E-state index is 0.258. The average molecular weight is 442 g/mol. The summed E-state index contributed by atoms with van der Waals surface area (Å²) >= 11 is 0. The van der Waals surface area contributed by atoms with E-state index in [9.17, 15) is 14.0 Å². The number of carbonyl (C=O) groups is 2. The van der Waals surface area contributed by atoms with Crippen LogP contribution in [0.2, 0.25) is 0 Å². The molecule has 1 amide bonds. The lowest BCUT2D eigenvalue weighted by Gasteiger charge is -2.07. The molecule has 1 N–H and O–H groups in total. The predicted molar refractivity (Wildman–Crippen MR) is 123 cm³/mol. The molecule has 0 saturated heterocycles. The van der Waals surface area contributed by atoms with E-state index < -0.39 is 11.9 Å². The Labute approximate surface area is 189 Å². The van der Waals surface area contributed by atoms with Crippen molar-refractivity contribution in [3.05, 3.63) is 108 Å². The van der Waals surface area contributed by atoms with Crippen molar-refractivity contribution < 1.29 is 23.5 Å². The van der Waals surface area contributed by atoms with Gasteiger partial charge in [0, 0.05) is 0 Å². The molecule has 0 radical (unpaired) electrons. The van der Waals surface area contributed by atoms with Crippen LogP contribution in [0, 0.1) is 5.82 Å². The van der Waals surface area contributed by atoms with Crippen LogP contribution >= 0.6 is 0 Å². The van der Waals surface area contributed by atoms with Gasteiger partial charge in [0.1, 0.15) is 17.3 Å². The van der Waals surface area contributed by atoms with Gasteiger partial charge in [-0.2, -0.15) is 5.10 Å². The minimum atomic E-state index is -0.462.